The van der Waals surface area contributed by atoms with Crippen molar-refractivity contribution in [3.63, 3.8) is 0 Å². The molecule has 0 fully saturated rings. The SMILES string of the molecule is CC/C=C\C/C=C\C/C=C\C/C=C\CCCCCCCCCOCC(COP(=O)(O)OCC(O)CO)OC(=O)CCCCCCCCCCCCCCCCCCCCC. The van der Waals surface area contributed by atoms with Gasteiger partial charge in [0.15, 0.2) is 0 Å². The Bertz CT molecular complexity index is 1080. The van der Waals surface area contributed by atoms with Gasteiger partial charge in [0.1, 0.15) is 12.2 Å². The van der Waals surface area contributed by atoms with Gasteiger partial charge in [0.05, 0.1) is 26.4 Å². The van der Waals surface area contributed by atoms with Crippen LogP contribution >= 0.6 is 7.82 Å². The highest BCUT2D eigenvalue weighted by atomic mass is 31.2. The van der Waals surface area contributed by atoms with Crippen molar-refractivity contribution in [2.24, 2.45) is 0 Å². The molecule has 10 heteroatoms. The number of hydrogen-bond acceptors (Lipinski definition) is 8. The maximum atomic E-state index is 12.7. The minimum absolute atomic E-state index is 0.0432. The molecule has 0 heterocycles. The van der Waals surface area contributed by atoms with Gasteiger partial charge in [-0.3, -0.25) is 13.8 Å². The Kier molecular flexibility index (Phi) is 45.7. The van der Waals surface area contributed by atoms with Gasteiger partial charge in [0.25, 0.3) is 0 Å². The van der Waals surface area contributed by atoms with Crippen molar-refractivity contribution in [1.29, 1.82) is 0 Å². The zero-order chi connectivity index (χ0) is 43.9. The van der Waals surface area contributed by atoms with Gasteiger partial charge in [-0.1, -0.05) is 210 Å². The molecule has 0 bridgehead atoms. The van der Waals surface area contributed by atoms with Crippen LogP contribution in [0.2, 0.25) is 0 Å². The molecule has 0 aromatic carbocycles. The van der Waals surface area contributed by atoms with E-state index in [1.165, 1.54) is 128 Å². The fraction of sp³-hybridized carbons (Fsp3) is 0.820. The van der Waals surface area contributed by atoms with Crippen molar-refractivity contribution in [3.05, 3.63) is 48.6 Å². The Hall–Kier alpha value is -1.58. The number of allylic oxidation sites excluding steroid dienone is 8. The second-order valence-electron chi connectivity index (χ2n) is 16.5. The molecule has 3 atom stereocenters. The van der Waals surface area contributed by atoms with Gasteiger partial charge in [-0.25, -0.2) is 4.57 Å². The van der Waals surface area contributed by atoms with E-state index in [1.807, 2.05) is 0 Å². The number of carbonyl (C=O) groups is 1. The average molecular weight is 869 g/mol. The van der Waals surface area contributed by atoms with Crippen LogP contribution < -0.4 is 0 Å². The maximum absolute atomic E-state index is 12.7. The molecule has 0 saturated heterocycles. The Morgan fingerprint density at radius 1 is 0.533 bits per heavy atom. The van der Waals surface area contributed by atoms with Crippen LogP contribution in [0, 0.1) is 0 Å². The van der Waals surface area contributed by atoms with Crippen LogP contribution in [0.3, 0.4) is 0 Å². The molecule has 0 radical (unpaired) electrons. The van der Waals surface area contributed by atoms with Gasteiger partial charge in [-0.05, 0) is 51.4 Å². The number of hydrogen-bond donors (Lipinski definition) is 3. The normalized spacial score (nSPS) is 14.3. The Labute approximate surface area is 368 Å². The Morgan fingerprint density at radius 2 is 0.950 bits per heavy atom. The predicted octanol–water partition coefficient (Wildman–Crippen LogP) is 14.1. The van der Waals surface area contributed by atoms with E-state index in [0.29, 0.717) is 6.61 Å². The highest BCUT2D eigenvalue weighted by Gasteiger charge is 2.26. The van der Waals surface area contributed by atoms with Crippen LogP contribution in [0.1, 0.15) is 219 Å². The summed E-state index contributed by atoms with van der Waals surface area (Å²) in [5, 5.41) is 18.4. The second kappa shape index (κ2) is 46.9. The van der Waals surface area contributed by atoms with E-state index in [0.717, 1.165) is 70.6 Å². The van der Waals surface area contributed by atoms with Crippen LogP contribution in [0.4, 0.5) is 0 Å². The number of phosphoric ester groups is 1. The number of aliphatic hydroxyl groups excluding tert-OH is 2. The van der Waals surface area contributed by atoms with Crippen LogP contribution in [-0.4, -0.2) is 66.3 Å². The third-order valence-corrected chi connectivity index (χ3v) is 11.5. The quantitative estimate of drug-likeness (QED) is 0.0237. The van der Waals surface area contributed by atoms with Crippen molar-refractivity contribution in [3.8, 4) is 0 Å². The molecular weight excluding hydrogens is 776 g/mol. The smallest absolute Gasteiger partial charge is 0.457 e. The second-order valence-corrected chi connectivity index (χ2v) is 17.9. The van der Waals surface area contributed by atoms with Crippen LogP contribution in [0.15, 0.2) is 48.6 Å². The summed E-state index contributed by atoms with van der Waals surface area (Å²) in [6, 6.07) is 0. The standard InChI is InChI=1S/C50H93O9P/c1-3-5-7-9-11-13-15-17-19-21-23-25-27-29-31-33-35-37-39-41-43-56-46-49(47-58-60(54,55)57-45-48(52)44-51)59-50(53)42-40-38-36-34-32-30-28-26-24-22-20-18-16-14-12-10-8-6-4-2/h5,7,11,13,17,19,23,25,48-49,51-52H,3-4,6,8-10,12,14-16,18,20-22,24,26-47H2,1-2H3,(H,54,55)/b7-5-,13-11-,19-17-,25-23-. The first-order valence-corrected chi connectivity index (χ1v) is 26.1. The molecule has 3 unspecified atom stereocenters. The van der Waals surface area contributed by atoms with E-state index in [9.17, 15) is 19.4 Å². The fourth-order valence-corrected chi connectivity index (χ4v) is 7.61. The van der Waals surface area contributed by atoms with Gasteiger partial charge in [0.2, 0.25) is 0 Å². The highest BCUT2D eigenvalue weighted by molar-refractivity contribution is 7.47. The number of aliphatic hydroxyl groups is 2. The lowest BCUT2D eigenvalue weighted by molar-refractivity contribution is -0.154. The summed E-state index contributed by atoms with van der Waals surface area (Å²) in [5.74, 6) is -0.384. The van der Waals surface area contributed by atoms with E-state index < -0.39 is 33.2 Å². The number of phosphoric acid groups is 1. The molecule has 0 aliphatic heterocycles. The maximum Gasteiger partial charge on any atom is 0.472 e. The predicted molar refractivity (Wildman–Crippen MR) is 251 cm³/mol. The molecule has 3 N–H and O–H groups in total. The lowest BCUT2D eigenvalue weighted by Gasteiger charge is -2.20. The molecule has 9 nitrogen and oxygen atoms in total. The molecular formula is C50H93O9P. The number of unbranched alkanes of at least 4 members (excludes halogenated alkanes) is 25. The summed E-state index contributed by atoms with van der Waals surface area (Å²) in [7, 11) is -4.52. The first kappa shape index (κ1) is 58.4. The lowest BCUT2D eigenvalue weighted by Crippen LogP contribution is -2.29. The molecule has 352 valence electrons. The van der Waals surface area contributed by atoms with Crippen molar-refractivity contribution >= 4 is 13.8 Å². The average Bonchev–Trinajstić information content (AvgIpc) is 3.24. The first-order chi connectivity index (χ1) is 29.3. The van der Waals surface area contributed by atoms with E-state index in [4.69, 9.17) is 23.6 Å². The van der Waals surface area contributed by atoms with Crippen molar-refractivity contribution in [2.75, 3.05) is 33.0 Å². The molecule has 0 spiro atoms. The zero-order valence-corrected chi connectivity index (χ0v) is 39.6. The minimum atomic E-state index is -4.52. The summed E-state index contributed by atoms with van der Waals surface area (Å²) in [6.07, 6.45) is 53.6. The first-order valence-electron chi connectivity index (χ1n) is 24.6. The van der Waals surface area contributed by atoms with Crippen molar-refractivity contribution in [2.45, 2.75) is 232 Å². The summed E-state index contributed by atoms with van der Waals surface area (Å²) in [6.45, 7) is 3.41. The van der Waals surface area contributed by atoms with E-state index >= 15 is 0 Å². The molecule has 0 saturated carbocycles. The Balaban J connectivity index is 4.11. The minimum Gasteiger partial charge on any atom is -0.457 e. The third kappa shape index (κ3) is 45.9. The number of ether oxygens (including phenoxy) is 2. The van der Waals surface area contributed by atoms with Gasteiger partial charge in [-0.2, -0.15) is 0 Å². The van der Waals surface area contributed by atoms with E-state index in [-0.39, 0.29) is 25.6 Å². The van der Waals surface area contributed by atoms with Gasteiger partial charge in [0, 0.05) is 13.0 Å². The molecule has 0 rings (SSSR count). The summed E-state index contributed by atoms with van der Waals surface area (Å²) < 4.78 is 33.5. The monoisotopic (exact) mass is 869 g/mol. The molecule has 0 aliphatic carbocycles. The number of carbonyl (C=O) groups excluding carboxylic acids is 1. The van der Waals surface area contributed by atoms with Crippen molar-refractivity contribution in [1.82, 2.24) is 0 Å². The fourth-order valence-electron chi connectivity index (χ4n) is 6.82. The van der Waals surface area contributed by atoms with E-state index in [2.05, 4.69) is 62.5 Å². The molecule has 60 heavy (non-hydrogen) atoms. The lowest BCUT2D eigenvalue weighted by atomic mass is 10.0. The summed E-state index contributed by atoms with van der Waals surface area (Å²) >= 11 is 0. The number of esters is 1. The van der Waals surface area contributed by atoms with E-state index in [1.54, 1.807) is 0 Å². The summed E-state index contributed by atoms with van der Waals surface area (Å²) in [5.41, 5.74) is 0. The molecule has 0 amide bonds. The molecule has 0 aromatic heterocycles. The topological polar surface area (TPSA) is 132 Å². The zero-order valence-electron chi connectivity index (χ0n) is 38.7. The third-order valence-electron chi connectivity index (χ3n) is 10.5. The highest BCUT2D eigenvalue weighted by Crippen LogP contribution is 2.43. The van der Waals surface area contributed by atoms with Crippen LogP contribution in [0.25, 0.3) is 0 Å². The molecule has 0 aliphatic rings. The van der Waals surface area contributed by atoms with Gasteiger partial charge in [-0.15, -0.1) is 0 Å². The summed E-state index contributed by atoms with van der Waals surface area (Å²) in [4.78, 5) is 22.7. The number of rotatable bonds is 47. The van der Waals surface area contributed by atoms with Crippen LogP contribution in [0.5, 0.6) is 0 Å². The van der Waals surface area contributed by atoms with Gasteiger partial charge >= 0.3 is 13.8 Å². The Morgan fingerprint density at radius 3 is 1.43 bits per heavy atom. The van der Waals surface area contributed by atoms with Crippen LogP contribution in [-0.2, 0) is 27.9 Å². The largest absolute Gasteiger partial charge is 0.472 e. The van der Waals surface area contributed by atoms with Gasteiger partial charge < -0.3 is 24.6 Å². The molecule has 0 aromatic rings. The van der Waals surface area contributed by atoms with Crippen molar-refractivity contribution < 1.29 is 43.0 Å².